The van der Waals surface area contributed by atoms with Crippen LogP contribution in [0.15, 0.2) is 108 Å². The van der Waals surface area contributed by atoms with Crippen LogP contribution < -0.4 is 31.0 Å². The number of amides is 4. The molecule has 0 radical (unpaired) electrons. The largest absolute Gasteiger partial charge is 0.369 e. The molecule has 0 saturated carbocycles. The van der Waals surface area contributed by atoms with Gasteiger partial charge in [0.25, 0.3) is 5.91 Å². The number of benzene rings is 4. The van der Waals surface area contributed by atoms with Gasteiger partial charge in [-0.2, -0.15) is 10.2 Å². The lowest BCUT2D eigenvalue weighted by atomic mass is 9.95. The zero-order valence-corrected chi connectivity index (χ0v) is 40.7. The summed E-state index contributed by atoms with van der Waals surface area (Å²) in [6.07, 6.45) is 9.75. The number of rotatable bonds is 16. The molecule has 2 aliphatic heterocycles. The van der Waals surface area contributed by atoms with Crippen LogP contribution in [0.1, 0.15) is 57.1 Å². The Morgan fingerprint density at radius 2 is 1.54 bits per heavy atom. The van der Waals surface area contributed by atoms with Gasteiger partial charge in [0.05, 0.1) is 22.8 Å². The van der Waals surface area contributed by atoms with E-state index in [-0.39, 0.29) is 23.5 Å². The van der Waals surface area contributed by atoms with Gasteiger partial charge < -0.3 is 20.3 Å². The molecular weight excluding hydrogens is 897 g/mol. The highest BCUT2D eigenvalue weighted by atomic mass is 16.2. The number of nitrogens with zero attached hydrogens (tertiary/aromatic N) is 10. The fraction of sp³-hybridized carbons (Fsp3) is 0.296. The number of hydrogen-bond donors (Lipinski definition) is 2. The minimum atomic E-state index is -0.492. The molecule has 0 aliphatic carbocycles. The summed E-state index contributed by atoms with van der Waals surface area (Å²) >= 11 is 0. The van der Waals surface area contributed by atoms with Gasteiger partial charge in [-0.15, -0.1) is 0 Å². The van der Waals surface area contributed by atoms with Crippen molar-refractivity contribution in [3.8, 4) is 16.8 Å². The highest BCUT2D eigenvalue weighted by Gasteiger charge is 2.33. The minimum Gasteiger partial charge on any atom is -0.369 e. The van der Waals surface area contributed by atoms with E-state index in [1.165, 1.54) is 21.1 Å². The Bertz CT molecular complexity index is 3220. The zero-order chi connectivity index (χ0) is 49.8. The molecule has 4 aromatic carbocycles. The van der Waals surface area contributed by atoms with E-state index in [0.717, 1.165) is 89.8 Å². The van der Waals surface area contributed by atoms with Crippen molar-refractivity contribution >= 4 is 64.4 Å². The van der Waals surface area contributed by atoms with Crippen molar-refractivity contribution in [2.45, 2.75) is 32.1 Å². The molecule has 0 bridgehead atoms. The van der Waals surface area contributed by atoms with E-state index in [0.29, 0.717) is 54.4 Å². The number of para-hydroxylation sites is 1. The Hall–Kier alpha value is -8.18. The lowest BCUT2D eigenvalue weighted by Crippen LogP contribution is -2.47. The first kappa shape index (κ1) is 47.9. The van der Waals surface area contributed by atoms with E-state index < -0.39 is 5.92 Å². The van der Waals surface area contributed by atoms with Crippen LogP contribution in [0.4, 0.5) is 22.0 Å². The number of aldehydes is 1. The second-order valence-corrected chi connectivity index (χ2v) is 17.9. The fourth-order valence-corrected chi connectivity index (χ4v) is 9.86. The summed E-state index contributed by atoms with van der Waals surface area (Å²) in [6, 6.07) is 29.4. The van der Waals surface area contributed by atoms with Crippen molar-refractivity contribution in [2.24, 2.45) is 14.1 Å². The molecule has 7 aromatic rings. The standard InChI is InChI=1S/C54H58N12O5/c1-36-44(22-24-57-50(36)65-31-30-64(54(65)71)42-11-6-10-40(34-42)51(68)55-2)45-21-20-43(66-35-58-61(5)53(66)70)33-39(45)17-14-37-15-18-41(19-16-37)63-28-26-62(27-29-63)25-23-38-9-7-12-46-48(59-60(4)49(38)46)47(13-8-32-67)52(69)56-3/h6-7,9-12,14-22,24,32-35,47H,8,13,23,25-31H2,1-5H3,(H,55,68)(H,56,69)/b17-14+. The molecule has 9 rings (SSSR count). The summed E-state index contributed by atoms with van der Waals surface area (Å²) in [6.45, 7) is 7.34. The van der Waals surface area contributed by atoms with E-state index in [9.17, 15) is 24.0 Å². The van der Waals surface area contributed by atoms with Crippen LogP contribution in [-0.4, -0.2) is 118 Å². The van der Waals surface area contributed by atoms with Gasteiger partial charge in [-0.25, -0.2) is 23.8 Å². The maximum absolute atomic E-state index is 14.0. The molecule has 1 unspecified atom stereocenters. The van der Waals surface area contributed by atoms with E-state index in [1.54, 1.807) is 55.3 Å². The van der Waals surface area contributed by atoms with Gasteiger partial charge in [-0.05, 0) is 102 Å². The van der Waals surface area contributed by atoms with Crippen molar-refractivity contribution in [3.05, 3.63) is 148 Å². The van der Waals surface area contributed by atoms with Crippen molar-refractivity contribution in [1.29, 1.82) is 0 Å². The first-order valence-electron chi connectivity index (χ1n) is 23.9. The Kier molecular flexibility index (Phi) is 14.0. The average Bonchev–Trinajstić information content (AvgIpc) is 4.07. The predicted octanol–water partition coefficient (Wildman–Crippen LogP) is 5.98. The molecule has 71 heavy (non-hydrogen) atoms. The van der Waals surface area contributed by atoms with Gasteiger partial charge in [0.15, 0.2) is 0 Å². The summed E-state index contributed by atoms with van der Waals surface area (Å²) in [5.41, 5.74) is 10.1. The van der Waals surface area contributed by atoms with Crippen LogP contribution in [-0.2, 0) is 30.1 Å². The lowest BCUT2D eigenvalue weighted by molar-refractivity contribution is -0.122. The number of nitrogens with one attached hydrogen (secondary N) is 2. The van der Waals surface area contributed by atoms with Crippen molar-refractivity contribution in [2.75, 3.05) is 74.6 Å². The van der Waals surface area contributed by atoms with Gasteiger partial charge in [-0.1, -0.05) is 54.6 Å². The van der Waals surface area contributed by atoms with Crippen LogP contribution in [0.2, 0.25) is 0 Å². The smallest absolute Gasteiger partial charge is 0.350 e. The minimum absolute atomic E-state index is 0.137. The molecule has 364 valence electrons. The first-order chi connectivity index (χ1) is 34.5. The number of pyridine rings is 1. The SMILES string of the molecule is CNC(=O)c1cccc(N2CCN(c3nccc(-c4ccc(-n5cnn(C)c5=O)cc4/C=C/c4ccc(N5CCN(CCc6cccc7c(C(CCC=O)C(=O)NC)nn(C)c67)CC5)cc4)c3C)C2=O)c1. The molecular formula is C54H58N12O5. The number of fused-ring (bicyclic) bond motifs is 1. The van der Waals surface area contributed by atoms with E-state index >= 15 is 0 Å². The topological polar surface area (TPSA) is 176 Å². The molecule has 17 heteroatoms. The number of carbonyl (C=O) groups is 4. The van der Waals surface area contributed by atoms with E-state index in [2.05, 4.69) is 68.0 Å². The summed E-state index contributed by atoms with van der Waals surface area (Å²) in [4.78, 5) is 76.4. The van der Waals surface area contributed by atoms with Crippen molar-refractivity contribution < 1.29 is 19.2 Å². The number of carbonyl (C=O) groups excluding carboxylic acids is 4. The van der Waals surface area contributed by atoms with Gasteiger partial charge in [0, 0.05) is 109 Å². The molecule has 3 aromatic heterocycles. The number of aromatic nitrogens is 6. The third kappa shape index (κ3) is 9.73. The van der Waals surface area contributed by atoms with Gasteiger partial charge in [0.1, 0.15) is 18.4 Å². The van der Waals surface area contributed by atoms with Gasteiger partial charge in [-0.3, -0.25) is 29.0 Å². The van der Waals surface area contributed by atoms with Crippen LogP contribution in [0.5, 0.6) is 0 Å². The molecule has 2 aliphatic rings. The lowest BCUT2D eigenvalue weighted by Gasteiger charge is -2.36. The normalized spacial score (nSPS) is 14.7. The number of hydrogen-bond acceptors (Lipinski definition) is 10. The third-order valence-electron chi connectivity index (χ3n) is 13.7. The molecule has 2 fully saturated rings. The highest BCUT2D eigenvalue weighted by Crippen LogP contribution is 2.36. The number of likely N-dealkylation sites (N-methyl/N-ethyl adjacent to an activating group) is 1. The number of piperazine rings is 1. The Balaban J connectivity index is 0.894. The third-order valence-corrected chi connectivity index (χ3v) is 13.7. The zero-order valence-electron chi connectivity index (χ0n) is 40.7. The second-order valence-electron chi connectivity index (χ2n) is 17.9. The summed E-state index contributed by atoms with van der Waals surface area (Å²) in [5, 5.41) is 15.3. The average molecular weight is 955 g/mol. The van der Waals surface area contributed by atoms with Crippen LogP contribution >= 0.6 is 0 Å². The number of urea groups is 1. The molecule has 1 atom stereocenters. The van der Waals surface area contributed by atoms with E-state index in [1.807, 2.05) is 61.1 Å². The van der Waals surface area contributed by atoms with Crippen LogP contribution in [0, 0.1) is 6.92 Å². The molecule has 2 saturated heterocycles. The van der Waals surface area contributed by atoms with Crippen LogP contribution in [0.25, 0.3) is 39.9 Å². The first-order valence-corrected chi connectivity index (χ1v) is 23.9. The highest BCUT2D eigenvalue weighted by molar-refractivity contribution is 6.07. The van der Waals surface area contributed by atoms with Crippen LogP contribution in [0.3, 0.4) is 0 Å². The Morgan fingerprint density at radius 1 is 0.775 bits per heavy atom. The number of aryl methyl sites for hydroxylation is 2. The van der Waals surface area contributed by atoms with Crippen molar-refractivity contribution in [3.63, 3.8) is 0 Å². The molecule has 4 amide bonds. The molecule has 17 nitrogen and oxygen atoms in total. The monoisotopic (exact) mass is 954 g/mol. The number of anilines is 3. The molecule has 2 N–H and O–H groups in total. The maximum atomic E-state index is 14.0. The van der Waals surface area contributed by atoms with Gasteiger partial charge >= 0.3 is 11.7 Å². The summed E-state index contributed by atoms with van der Waals surface area (Å²) in [7, 11) is 6.73. The quantitative estimate of drug-likeness (QED) is 0.0867. The Morgan fingerprint density at radius 3 is 2.27 bits per heavy atom. The van der Waals surface area contributed by atoms with E-state index in [4.69, 9.17) is 10.1 Å². The summed E-state index contributed by atoms with van der Waals surface area (Å²) in [5.74, 6) is -0.303. The fourth-order valence-electron chi connectivity index (χ4n) is 9.86. The molecule has 0 spiro atoms. The maximum Gasteiger partial charge on any atom is 0.350 e. The summed E-state index contributed by atoms with van der Waals surface area (Å²) < 4.78 is 4.68. The Labute approximate surface area is 412 Å². The predicted molar refractivity (Wildman–Crippen MR) is 277 cm³/mol. The van der Waals surface area contributed by atoms with Gasteiger partial charge in [0.2, 0.25) is 5.91 Å². The van der Waals surface area contributed by atoms with Crippen molar-refractivity contribution in [1.82, 2.24) is 44.6 Å². The second kappa shape index (κ2) is 20.8. The molecule has 5 heterocycles.